The summed E-state index contributed by atoms with van der Waals surface area (Å²) in [6.07, 6.45) is 7.94. The first-order valence-corrected chi connectivity index (χ1v) is 9.04. The van der Waals surface area contributed by atoms with Crippen molar-refractivity contribution in [3.8, 4) is 11.4 Å². The van der Waals surface area contributed by atoms with Crippen molar-refractivity contribution < 1.29 is 6.22 Å². The average molecular weight is 386 g/mol. The number of fused-ring (bicyclic) bond motifs is 1. The molecule has 140 valence electrons. The average Bonchev–Trinajstić information content (AvgIpc) is 3.33. The SMILES string of the molecule is N=CCNC(=O)[C@H]1CCCN1c1ccnc(-c2c[nH]c3ncc(Cl)cc23)n1.[HH]. The van der Waals surface area contributed by atoms with E-state index in [1.54, 1.807) is 12.4 Å². The molecule has 0 aromatic carbocycles. The standard InChI is InChI=1S/C18H18ClN7O.H2/c19-11-8-12-13(10-24-16(12)23-9-11)17-21-5-3-15(25-17)26-7-1-2-14(26)18(27)22-6-4-20;/h3-5,8-10,14,20H,1-2,6-7H2,(H,22,27)(H,23,24);1H/t14-;/m1./s1. The van der Waals surface area contributed by atoms with E-state index < -0.39 is 0 Å². The number of pyridine rings is 1. The van der Waals surface area contributed by atoms with Crippen LogP contribution in [0.2, 0.25) is 5.02 Å². The summed E-state index contributed by atoms with van der Waals surface area (Å²) in [7, 11) is 0. The van der Waals surface area contributed by atoms with Crippen molar-refractivity contribution in [1.29, 1.82) is 5.41 Å². The van der Waals surface area contributed by atoms with Gasteiger partial charge in [-0.1, -0.05) is 11.6 Å². The Balaban J connectivity index is 0.00000225. The molecule has 1 amide bonds. The van der Waals surface area contributed by atoms with Crippen LogP contribution in [0.5, 0.6) is 0 Å². The van der Waals surface area contributed by atoms with Gasteiger partial charge in [-0.15, -0.1) is 0 Å². The summed E-state index contributed by atoms with van der Waals surface area (Å²) < 4.78 is 0. The van der Waals surface area contributed by atoms with Gasteiger partial charge < -0.3 is 20.6 Å². The fourth-order valence-electron chi connectivity index (χ4n) is 3.38. The van der Waals surface area contributed by atoms with Crippen LogP contribution in [0.15, 0.2) is 30.7 Å². The number of hydrogen-bond donors (Lipinski definition) is 3. The van der Waals surface area contributed by atoms with E-state index >= 15 is 0 Å². The number of aromatic amines is 1. The number of nitrogens with zero attached hydrogens (tertiary/aromatic N) is 4. The van der Waals surface area contributed by atoms with Gasteiger partial charge >= 0.3 is 0 Å². The molecule has 0 aliphatic carbocycles. The molecule has 1 aliphatic heterocycles. The predicted octanol–water partition coefficient (Wildman–Crippen LogP) is 2.65. The quantitative estimate of drug-likeness (QED) is 0.585. The van der Waals surface area contributed by atoms with Crippen molar-refractivity contribution >= 4 is 40.6 Å². The Hall–Kier alpha value is -3.00. The summed E-state index contributed by atoms with van der Waals surface area (Å²) in [4.78, 5) is 30.8. The molecule has 0 bridgehead atoms. The first-order chi connectivity index (χ1) is 13.2. The molecule has 1 aliphatic rings. The van der Waals surface area contributed by atoms with Gasteiger partial charge in [0.05, 0.1) is 11.6 Å². The van der Waals surface area contributed by atoms with Gasteiger partial charge in [0, 0.05) is 43.7 Å². The lowest BCUT2D eigenvalue weighted by atomic mass is 10.2. The minimum atomic E-state index is -0.285. The van der Waals surface area contributed by atoms with Crippen molar-refractivity contribution in [1.82, 2.24) is 25.3 Å². The molecule has 1 saturated heterocycles. The highest BCUT2D eigenvalue weighted by atomic mass is 35.5. The molecule has 1 atom stereocenters. The van der Waals surface area contributed by atoms with Gasteiger partial charge in [-0.05, 0) is 25.0 Å². The second-order valence-electron chi connectivity index (χ2n) is 6.29. The zero-order valence-corrected chi connectivity index (χ0v) is 15.2. The lowest BCUT2D eigenvalue weighted by Crippen LogP contribution is -2.44. The number of amides is 1. The smallest absolute Gasteiger partial charge is 0.243 e. The van der Waals surface area contributed by atoms with Gasteiger partial charge in [-0.2, -0.15) is 0 Å². The number of carbonyl (C=O) groups is 1. The van der Waals surface area contributed by atoms with Crippen LogP contribution in [0.1, 0.15) is 14.3 Å². The number of aromatic nitrogens is 4. The highest BCUT2D eigenvalue weighted by Crippen LogP contribution is 2.29. The molecule has 27 heavy (non-hydrogen) atoms. The maximum atomic E-state index is 12.4. The fourth-order valence-corrected chi connectivity index (χ4v) is 3.54. The topological polar surface area (TPSA) is 111 Å². The third-order valence-electron chi connectivity index (χ3n) is 4.61. The second-order valence-corrected chi connectivity index (χ2v) is 6.73. The van der Waals surface area contributed by atoms with Crippen molar-refractivity contribution in [2.75, 3.05) is 18.0 Å². The van der Waals surface area contributed by atoms with Crippen LogP contribution in [-0.4, -0.2) is 51.2 Å². The van der Waals surface area contributed by atoms with Gasteiger partial charge in [-0.25, -0.2) is 15.0 Å². The van der Waals surface area contributed by atoms with Crippen molar-refractivity contribution in [3.63, 3.8) is 0 Å². The summed E-state index contributed by atoms with van der Waals surface area (Å²) in [6, 6.07) is 3.35. The molecule has 1 fully saturated rings. The molecule has 4 rings (SSSR count). The monoisotopic (exact) mass is 385 g/mol. The van der Waals surface area contributed by atoms with Crippen LogP contribution in [0.3, 0.4) is 0 Å². The number of rotatable bonds is 5. The first-order valence-electron chi connectivity index (χ1n) is 8.66. The molecule has 9 heteroatoms. The van der Waals surface area contributed by atoms with E-state index in [-0.39, 0.29) is 19.9 Å². The molecular formula is C18H20ClN7O. The predicted molar refractivity (Wildman–Crippen MR) is 106 cm³/mol. The molecule has 3 N–H and O–H groups in total. The highest BCUT2D eigenvalue weighted by molar-refractivity contribution is 6.31. The van der Waals surface area contributed by atoms with Gasteiger partial charge in [0.25, 0.3) is 0 Å². The van der Waals surface area contributed by atoms with Crippen molar-refractivity contribution in [2.24, 2.45) is 0 Å². The molecule has 3 aromatic rings. The van der Waals surface area contributed by atoms with Crippen LogP contribution in [0.25, 0.3) is 22.4 Å². The second kappa shape index (κ2) is 7.32. The summed E-state index contributed by atoms with van der Waals surface area (Å²) in [5.41, 5.74) is 1.53. The summed E-state index contributed by atoms with van der Waals surface area (Å²) in [6.45, 7) is 0.988. The number of nitrogens with one attached hydrogen (secondary N) is 3. The summed E-state index contributed by atoms with van der Waals surface area (Å²) in [5.74, 6) is 1.17. The molecule has 0 radical (unpaired) electrons. The van der Waals surface area contributed by atoms with E-state index in [1.807, 2.05) is 23.2 Å². The zero-order valence-electron chi connectivity index (χ0n) is 14.4. The molecule has 3 aromatic heterocycles. The van der Waals surface area contributed by atoms with Crippen molar-refractivity contribution in [3.05, 3.63) is 35.7 Å². The highest BCUT2D eigenvalue weighted by Gasteiger charge is 2.31. The Morgan fingerprint density at radius 1 is 1.52 bits per heavy atom. The normalized spacial score (nSPS) is 16.6. The van der Waals surface area contributed by atoms with Gasteiger partial charge in [0.15, 0.2) is 5.82 Å². The minimum Gasteiger partial charge on any atom is -0.349 e. The van der Waals surface area contributed by atoms with E-state index in [9.17, 15) is 4.79 Å². The van der Waals surface area contributed by atoms with E-state index in [2.05, 4.69) is 25.3 Å². The Bertz CT molecular complexity index is 1010. The van der Waals surface area contributed by atoms with Crippen LogP contribution >= 0.6 is 11.6 Å². The van der Waals surface area contributed by atoms with Gasteiger partial charge in [0.2, 0.25) is 5.91 Å². The Labute approximate surface area is 162 Å². The molecular weight excluding hydrogens is 366 g/mol. The lowest BCUT2D eigenvalue weighted by Gasteiger charge is -2.24. The summed E-state index contributed by atoms with van der Waals surface area (Å²) >= 11 is 6.08. The largest absolute Gasteiger partial charge is 0.349 e. The Morgan fingerprint density at radius 2 is 2.41 bits per heavy atom. The third-order valence-corrected chi connectivity index (χ3v) is 4.81. The summed E-state index contributed by atoms with van der Waals surface area (Å²) in [5, 5.41) is 11.2. The van der Waals surface area contributed by atoms with E-state index in [4.69, 9.17) is 17.0 Å². The van der Waals surface area contributed by atoms with Crippen LogP contribution in [0, 0.1) is 5.41 Å². The van der Waals surface area contributed by atoms with E-state index in [0.717, 1.165) is 30.3 Å². The molecule has 0 unspecified atom stereocenters. The van der Waals surface area contributed by atoms with E-state index in [1.165, 1.54) is 6.21 Å². The van der Waals surface area contributed by atoms with Crippen LogP contribution in [0.4, 0.5) is 5.82 Å². The molecule has 8 nitrogen and oxygen atoms in total. The van der Waals surface area contributed by atoms with Crippen molar-refractivity contribution in [2.45, 2.75) is 18.9 Å². The number of carbonyl (C=O) groups excluding carboxylic acids is 1. The maximum absolute atomic E-state index is 12.4. The maximum Gasteiger partial charge on any atom is 0.243 e. The molecule has 4 heterocycles. The number of hydrogen-bond acceptors (Lipinski definition) is 6. The molecule has 0 spiro atoms. The third kappa shape index (κ3) is 3.35. The Morgan fingerprint density at radius 3 is 3.26 bits per heavy atom. The zero-order chi connectivity index (χ0) is 18.8. The van der Waals surface area contributed by atoms with Gasteiger partial charge in [-0.3, -0.25) is 4.79 Å². The van der Waals surface area contributed by atoms with Crippen LogP contribution in [-0.2, 0) is 4.79 Å². The number of anilines is 1. The number of H-pyrrole nitrogens is 1. The molecule has 0 saturated carbocycles. The van der Waals surface area contributed by atoms with E-state index in [0.29, 0.717) is 22.3 Å². The Kier molecular flexibility index (Phi) is 4.72. The number of halogens is 1. The van der Waals surface area contributed by atoms with Crippen LogP contribution < -0.4 is 10.2 Å². The fraction of sp³-hybridized carbons (Fsp3) is 0.278. The first kappa shape index (κ1) is 17.4. The minimum absolute atomic E-state index is 0. The lowest BCUT2D eigenvalue weighted by molar-refractivity contribution is -0.121. The van der Waals surface area contributed by atoms with Gasteiger partial charge in [0.1, 0.15) is 17.5 Å².